The Morgan fingerprint density at radius 3 is 2.52 bits per heavy atom. The molecule has 0 aliphatic heterocycles. The molecule has 0 unspecified atom stereocenters. The first-order valence-electron chi connectivity index (χ1n) is 7.54. The number of aromatic nitrogens is 2. The zero-order valence-corrected chi connectivity index (χ0v) is 15.6. The molecule has 1 aromatic heterocycles. The number of ether oxygens (including phenoxy) is 2. The van der Waals surface area contributed by atoms with Gasteiger partial charge in [-0.25, -0.2) is 4.79 Å². The number of carbonyl (C=O) groups is 1. The molecule has 0 bridgehead atoms. The van der Waals surface area contributed by atoms with E-state index in [4.69, 9.17) is 26.8 Å². The number of nitrogen functional groups attached to an aromatic ring is 1. The van der Waals surface area contributed by atoms with Crippen molar-refractivity contribution in [2.24, 2.45) is 0 Å². The smallest absolute Gasteiger partial charge is 0.345 e. The highest BCUT2D eigenvalue weighted by molar-refractivity contribution is 7.90. The fourth-order valence-corrected chi connectivity index (χ4v) is 3.53. The van der Waals surface area contributed by atoms with Crippen LogP contribution in [0.4, 0.5) is 5.82 Å². The van der Waals surface area contributed by atoms with E-state index in [1.165, 1.54) is 43.5 Å². The molecular weight excluding hydrogens is 394 g/mol. The van der Waals surface area contributed by atoms with Crippen LogP contribution in [0.25, 0.3) is 0 Å². The van der Waals surface area contributed by atoms with Gasteiger partial charge in [0.2, 0.25) is 5.88 Å². The van der Waals surface area contributed by atoms with Crippen LogP contribution in [0.5, 0.6) is 11.6 Å². The minimum absolute atomic E-state index is 0.0626. The predicted molar refractivity (Wildman–Crippen MR) is 98.6 cm³/mol. The molecule has 2 aromatic carbocycles. The summed E-state index contributed by atoms with van der Waals surface area (Å²) in [7, 11) is -2.60. The third-order valence-electron chi connectivity index (χ3n) is 3.52. The van der Waals surface area contributed by atoms with Gasteiger partial charge < -0.3 is 15.2 Å². The lowest BCUT2D eigenvalue weighted by Gasteiger charge is -2.06. The van der Waals surface area contributed by atoms with Crippen LogP contribution in [0, 0.1) is 0 Å². The van der Waals surface area contributed by atoms with Crippen LogP contribution in [0.2, 0.25) is 5.02 Å². The number of esters is 1. The summed E-state index contributed by atoms with van der Waals surface area (Å²) in [5, 5.41) is 4.17. The van der Waals surface area contributed by atoms with E-state index in [9.17, 15) is 13.2 Å². The maximum atomic E-state index is 12.6. The molecule has 2 N–H and O–H groups in total. The fourth-order valence-electron chi connectivity index (χ4n) is 2.21. The highest BCUT2D eigenvalue weighted by atomic mass is 35.5. The highest BCUT2D eigenvalue weighted by Gasteiger charge is 2.23. The van der Waals surface area contributed by atoms with Gasteiger partial charge in [0.15, 0.2) is 0 Å². The lowest BCUT2D eigenvalue weighted by atomic mass is 10.2. The lowest BCUT2D eigenvalue weighted by Crippen LogP contribution is -2.17. The van der Waals surface area contributed by atoms with Gasteiger partial charge in [-0.15, -0.1) is 9.19 Å². The number of carbonyl (C=O) groups excluding carboxylic acids is 1. The van der Waals surface area contributed by atoms with E-state index in [0.717, 1.165) is 6.07 Å². The first-order valence-corrected chi connectivity index (χ1v) is 9.36. The number of nitrogens with zero attached hydrogens (tertiary/aromatic N) is 2. The van der Waals surface area contributed by atoms with Crippen molar-refractivity contribution in [2.45, 2.75) is 4.90 Å². The standard InChI is InChI=1S/C17H14ClN3O5S/c1-25-13-4-2-3-11(9-13)17(22)26-16-10-15(19)21(20-16)27(23,24)14-7-5-12(18)6-8-14/h2-10H,19H2,1H3. The molecule has 0 fully saturated rings. The molecule has 10 heteroatoms. The lowest BCUT2D eigenvalue weighted by molar-refractivity contribution is 0.0726. The molecule has 3 aromatic rings. The van der Waals surface area contributed by atoms with Gasteiger partial charge in [0.1, 0.15) is 11.6 Å². The van der Waals surface area contributed by atoms with Crippen LogP contribution in [-0.2, 0) is 10.0 Å². The summed E-state index contributed by atoms with van der Waals surface area (Å²) >= 11 is 5.77. The number of halogens is 1. The summed E-state index contributed by atoms with van der Waals surface area (Å²) in [6.07, 6.45) is 0. The van der Waals surface area contributed by atoms with Crippen molar-refractivity contribution in [3.63, 3.8) is 0 Å². The normalized spacial score (nSPS) is 11.2. The van der Waals surface area contributed by atoms with Gasteiger partial charge in [0.25, 0.3) is 10.0 Å². The minimum atomic E-state index is -4.07. The van der Waals surface area contributed by atoms with Crippen LogP contribution in [0.15, 0.2) is 59.5 Å². The second-order valence-corrected chi connectivity index (χ2v) is 7.53. The molecule has 140 valence electrons. The van der Waals surface area contributed by atoms with Crippen molar-refractivity contribution >= 4 is 33.4 Å². The third-order valence-corrected chi connectivity index (χ3v) is 5.39. The van der Waals surface area contributed by atoms with E-state index < -0.39 is 16.0 Å². The zero-order valence-electron chi connectivity index (χ0n) is 14.0. The van der Waals surface area contributed by atoms with Crippen LogP contribution >= 0.6 is 11.6 Å². The average Bonchev–Trinajstić information content (AvgIpc) is 3.03. The Labute approximate surface area is 160 Å². The first-order chi connectivity index (χ1) is 12.8. The number of hydrogen-bond donors (Lipinski definition) is 1. The van der Waals surface area contributed by atoms with E-state index in [1.54, 1.807) is 12.1 Å². The molecular formula is C17H14ClN3O5S. The highest BCUT2D eigenvalue weighted by Crippen LogP contribution is 2.23. The minimum Gasteiger partial charge on any atom is -0.497 e. The zero-order chi connectivity index (χ0) is 19.6. The van der Waals surface area contributed by atoms with Crippen LogP contribution in [-0.4, -0.2) is 30.7 Å². The third kappa shape index (κ3) is 3.88. The van der Waals surface area contributed by atoms with Crippen molar-refractivity contribution in [2.75, 3.05) is 12.8 Å². The summed E-state index contributed by atoms with van der Waals surface area (Å²) in [6, 6.07) is 12.9. The Morgan fingerprint density at radius 1 is 1.15 bits per heavy atom. The number of benzene rings is 2. The molecule has 0 aliphatic rings. The van der Waals surface area contributed by atoms with Crippen LogP contribution in [0.1, 0.15) is 10.4 Å². The number of rotatable bonds is 5. The van der Waals surface area contributed by atoms with Gasteiger partial charge >= 0.3 is 5.97 Å². The van der Waals surface area contributed by atoms with Gasteiger partial charge in [-0.3, -0.25) is 0 Å². The first kappa shape index (κ1) is 18.7. The SMILES string of the molecule is COc1cccc(C(=O)Oc2cc(N)n(S(=O)(=O)c3ccc(Cl)cc3)n2)c1. The van der Waals surface area contributed by atoms with Gasteiger partial charge in [-0.2, -0.15) is 8.42 Å². The Bertz CT molecular complexity index is 1090. The summed E-state index contributed by atoms with van der Waals surface area (Å²) < 4.78 is 36.0. The molecule has 27 heavy (non-hydrogen) atoms. The second kappa shape index (κ2) is 7.29. The summed E-state index contributed by atoms with van der Waals surface area (Å²) in [5.74, 6) is -0.724. The molecule has 0 atom stereocenters. The van der Waals surface area contributed by atoms with Crippen LogP contribution in [0.3, 0.4) is 0 Å². The number of anilines is 1. The molecule has 0 saturated carbocycles. The van der Waals surface area contributed by atoms with Gasteiger partial charge in [0.05, 0.1) is 17.6 Å². The Morgan fingerprint density at radius 2 is 1.85 bits per heavy atom. The van der Waals surface area contributed by atoms with E-state index in [-0.39, 0.29) is 22.2 Å². The number of nitrogens with two attached hydrogens (primary N) is 1. The quantitative estimate of drug-likeness (QED) is 0.646. The maximum Gasteiger partial charge on any atom is 0.345 e. The average molecular weight is 408 g/mol. The number of hydrogen-bond acceptors (Lipinski definition) is 7. The number of methoxy groups -OCH3 is 1. The Hall–Kier alpha value is -3.04. The topological polar surface area (TPSA) is 114 Å². The molecule has 0 saturated heterocycles. The van der Waals surface area contributed by atoms with Crippen molar-refractivity contribution < 1.29 is 22.7 Å². The Kier molecular flexibility index (Phi) is 5.06. The van der Waals surface area contributed by atoms with Crippen molar-refractivity contribution in [3.8, 4) is 11.6 Å². The summed E-state index contributed by atoms with van der Waals surface area (Å²) in [6.45, 7) is 0. The largest absolute Gasteiger partial charge is 0.497 e. The Balaban J connectivity index is 1.88. The molecule has 0 spiro atoms. The van der Waals surface area contributed by atoms with Crippen molar-refractivity contribution in [1.29, 1.82) is 0 Å². The maximum absolute atomic E-state index is 12.6. The molecule has 8 nitrogen and oxygen atoms in total. The van der Waals surface area contributed by atoms with Crippen LogP contribution < -0.4 is 15.2 Å². The molecule has 0 aliphatic carbocycles. The molecule has 1 heterocycles. The monoisotopic (exact) mass is 407 g/mol. The van der Waals surface area contributed by atoms with Gasteiger partial charge in [-0.1, -0.05) is 17.7 Å². The summed E-state index contributed by atoms with van der Waals surface area (Å²) in [4.78, 5) is 12.2. The van der Waals surface area contributed by atoms with E-state index in [2.05, 4.69) is 5.10 Å². The molecule has 3 rings (SSSR count). The molecule has 0 amide bonds. The summed E-state index contributed by atoms with van der Waals surface area (Å²) in [5.41, 5.74) is 5.95. The molecule has 0 radical (unpaired) electrons. The van der Waals surface area contributed by atoms with E-state index in [1.807, 2.05) is 0 Å². The predicted octanol–water partition coefficient (Wildman–Crippen LogP) is 2.58. The van der Waals surface area contributed by atoms with Crippen molar-refractivity contribution in [1.82, 2.24) is 9.19 Å². The van der Waals surface area contributed by atoms with Gasteiger partial charge in [0, 0.05) is 11.1 Å². The van der Waals surface area contributed by atoms with Crippen molar-refractivity contribution in [3.05, 3.63) is 65.2 Å². The van der Waals surface area contributed by atoms with E-state index in [0.29, 0.717) is 14.9 Å². The van der Waals surface area contributed by atoms with Gasteiger partial charge in [-0.05, 0) is 42.5 Å². The second-order valence-electron chi connectivity index (χ2n) is 5.33. The van der Waals surface area contributed by atoms with E-state index >= 15 is 0 Å². The fraction of sp³-hybridized carbons (Fsp3) is 0.0588.